The van der Waals surface area contributed by atoms with Crippen molar-refractivity contribution in [2.24, 2.45) is 5.92 Å². The summed E-state index contributed by atoms with van der Waals surface area (Å²) in [6, 6.07) is 7.22. The lowest BCUT2D eigenvalue weighted by molar-refractivity contribution is 0.0922. The summed E-state index contributed by atoms with van der Waals surface area (Å²) < 4.78 is 3.43. The minimum Gasteiger partial charge on any atom is -0.347 e. The van der Waals surface area contributed by atoms with Crippen LogP contribution < -0.4 is 16.2 Å². The third-order valence-corrected chi connectivity index (χ3v) is 5.99. The zero-order chi connectivity index (χ0) is 20.1. The molecule has 0 saturated carbocycles. The highest BCUT2D eigenvalue weighted by atomic mass is 16.2. The number of pyridine rings is 1. The van der Waals surface area contributed by atoms with Crippen LogP contribution in [0.3, 0.4) is 0 Å². The molecule has 0 unspecified atom stereocenters. The fourth-order valence-corrected chi connectivity index (χ4v) is 4.71. The number of amides is 1. The summed E-state index contributed by atoms with van der Waals surface area (Å²) >= 11 is 0. The Hall–Kier alpha value is -3.07. The molecule has 5 rings (SSSR count). The fraction of sp³-hybridized carbons (Fsp3) is 0.450. The first-order chi connectivity index (χ1) is 14.0. The number of fused-ring (bicyclic) bond motifs is 5. The lowest BCUT2D eigenvalue weighted by atomic mass is 9.79. The van der Waals surface area contributed by atoms with Gasteiger partial charge in [0, 0.05) is 48.7 Å². The van der Waals surface area contributed by atoms with Gasteiger partial charge in [-0.25, -0.2) is 9.50 Å². The quantitative estimate of drug-likeness (QED) is 0.674. The van der Waals surface area contributed by atoms with Crippen molar-refractivity contribution in [2.75, 3.05) is 19.6 Å². The molecule has 3 aromatic rings. The SMILES string of the molecule is Cc1cc(C)n2nc(C(=O)NC[C@H]3[C@@H]4CNC[C@@H](C4)c4cccc(=O)n43)nc2n1. The molecule has 0 spiro atoms. The van der Waals surface area contributed by atoms with Crippen LogP contribution in [-0.2, 0) is 0 Å². The highest BCUT2D eigenvalue weighted by Crippen LogP contribution is 2.38. The van der Waals surface area contributed by atoms with Gasteiger partial charge in [-0.3, -0.25) is 9.59 Å². The fourth-order valence-electron chi connectivity index (χ4n) is 4.71. The Bertz CT molecular complexity index is 1170. The van der Waals surface area contributed by atoms with Crippen LogP contribution in [0, 0.1) is 19.8 Å². The molecule has 2 N–H and O–H groups in total. The number of carbonyl (C=O) groups excluding carboxylic acids is 1. The van der Waals surface area contributed by atoms with E-state index in [4.69, 9.17) is 0 Å². The van der Waals surface area contributed by atoms with E-state index < -0.39 is 0 Å². The first-order valence-corrected chi connectivity index (χ1v) is 9.92. The third-order valence-electron chi connectivity index (χ3n) is 5.99. The molecule has 0 aromatic carbocycles. The molecule has 2 bridgehead atoms. The molecule has 0 aliphatic carbocycles. The second-order valence-corrected chi connectivity index (χ2v) is 7.97. The van der Waals surface area contributed by atoms with E-state index >= 15 is 0 Å². The Labute approximate surface area is 167 Å². The van der Waals surface area contributed by atoms with E-state index in [9.17, 15) is 9.59 Å². The average molecular weight is 393 g/mol. The number of piperidine rings is 1. The molecule has 9 nitrogen and oxygen atoms in total. The number of hydrogen-bond donors (Lipinski definition) is 2. The molecule has 150 valence electrons. The molecule has 1 fully saturated rings. The van der Waals surface area contributed by atoms with Crippen molar-refractivity contribution in [3.63, 3.8) is 0 Å². The molecule has 5 heterocycles. The summed E-state index contributed by atoms with van der Waals surface area (Å²) in [5.74, 6) is 0.770. The maximum Gasteiger partial charge on any atom is 0.291 e. The Morgan fingerprint density at radius 1 is 1.28 bits per heavy atom. The van der Waals surface area contributed by atoms with Crippen LogP contribution in [0.5, 0.6) is 0 Å². The molecule has 1 amide bonds. The van der Waals surface area contributed by atoms with Crippen molar-refractivity contribution >= 4 is 11.7 Å². The van der Waals surface area contributed by atoms with Gasteiger partial charge in [0.2, 0.25) is 5.82 Å². The largest absolute Gasteiger partial charge is 0.347 e. The van der Waals surface area contributed by atoms with Crippen LogP contribution >= 0.6 is 0 Å². The van der Waals surface area contributed by atoms with Gasteiger partial charge in [0.1, 0.15) is 0 Å². The average Bonchev–Trinajstić information content (AvgIpc) is 3.13. The van der Waals surface area contributed by atoms with Crippen molar-refractivity contribution in [3.8, 4) is 0 Å². The van der Waals surface area contributed by atoms with Crippen molar-refractivity contribution in [1.82, 2.24) is 34.8 Å². The first kappa shape index (κ1) is 18.0. The Balaban J connectivity index is 1.41. The van der Waals surface area contributed by atoms with E-state index in [0.717, 1.165) is 36.6 Å². The number of aromatic nitrogens is 5. The molecule has 9 heteroatoms. The van der Waals surface area contributed by atoms with E-state index in [0.29, 0.717) is 24.2 Å². The topological polar surface area (TPSA) is 106 Å². The van der Waals surface area contributed by atoms with Gasteiger partial charge >= 0.3 is 0 Å². The van der Waals surface area contributed by atoms with Gasteiger partial charge in [-0.05, 0) is 38.3 Å². The lowest BCUT2D eigenvalue weighted by Crippen LogP contribution is -2.50. The molecule has 1 saturated heterocycles. The van der Waals surface area contributed by atoms with Crippen LogP contribution in [0.15, 0.2) is 29.1 Å². The number of nitrogens with one attached hydrogen (secondary N) is 2. The Kier molecular flexibility index (Phi) is 4.20. The first-order valence-electron chi connectivity index (χ1n) is 9.92. The van der Waals surface area contributed by atoms with E-state index in [1.165, 1.54) is 0 Å². The van der Waals surface area contributed by atoms with Crippen LogP contribution in [0.1, 0.15) is 46.1 Å². The zero-order valence-electron chi connectivity index (χ0n) is 16.4. The summed E-state index contributed by atoms with van der Waals surface area (Å²) in [5, 5.41) is 10.7. The predicted octanol–water partition coefficient (Wildman–Crippen LogP) is 0.581. The molecule has 0 radical (unpaired) electrons. The van der Waals surface area contributed by atoms with Crippen LogP contribution in [0.4, 0.5) is 0 Å². The molecule has 2 aliphatic rings. The van der Waals surface area contributed by atoms with Crippen molar-refractivity contribution in [2.45, 2.75) is 32.2 Å². The van der Waals surface area contributed by atoms with Gasteiger partial charge in [-0.15, -0.1) is 5.10 Å². The van der Waals surface area contributed by atoms with Crippen molar-refractivity contribution in [3.05, 3.63) is 57.5 Å². The summed E-state index contributed by atoms with van der Waals surface area (Å²) in [6.45, 7) is 5.86. The normalized spacial score (nSPS) is 23.0. The Morgan fingerprint density at radius 2 is 2.14 bits per heavy atom. The molecular formula is C20H23N7O2. The van der Waals surface area contributed by atoms with E-state index in [1.807, 2.05) is 36.6 Å². The van der Waals surface area contributed by atoms with Gasteiger partial charge in [-0.1, -0.05) is 6.07 Å². The van der Waals surface area contributed by atoms with Crippen LogP contribution in [-0.4, -0.2) is 49.7 Å². The number of aryl methyl sites for hydroxylation is 2. The van der Waals surface area contributed by atoms with Gasteiger partial charge in [-0.2, -0.15) is 4.98 Å². The maximum atomic E-state index is 12.7. The molecule has 29 heavy (non-hydrogen) atoms. The number of hydrogen-bond acceptors (Lipinski definition) is 6. The predicted molar refractivity (Wildman–Crippen MR) is 106 cm³/mol. The smallest absolute Gasteiger partial charge is 0.291 e. The van der Waals surface area contributed by atoms with Gasteiger partial charge in [0.25, 0.3) is 17.2 Å². The molecule has 3 aromatic heterocycles. The van der Waals surface area contributed by atoms with Gasteiger partial charge < -0.3 is 15.2 Å². The second kappa shape index (κ2) is 6.77. The van der Waals surface area contributed by atoms with Crippen LogP contribution in [0.2, 0.25) is 0 Å². The van der Waals surface area contributed by atoms with Gasteiger partial charge in [0.15, 0.2) is 0 Å². The summed E-state index contributed by atoms with van der Waals surface area (Å²) in [5.41, 5.74) is 2.72. The standard InChI is InChI=1S/C20H23N7O2/c1-11-6-12(2)27-20(23-11)24-18(25-27)19(29)22-10-16-14-7-13(8-21-9-14)15-4-3-5-17(28)26(15)16/h3-6,13-14,16,21H,7-10H2,1-2H3,(H,22,29)/t13-,14+,16+/m1/s1. The van der Waals surface area contributed by atoms with Crippen molar-refractivity contribution < 1.29 is 4.79 Å². The number of nitrogens with zero attached hydrogens (tertiary/aromatic N) is 5. The lowest BCUT2D eigenvalue weighted by Gasteiger charge is -2.43. The number of carbonyl (C=O) groups is 1. The monoisotopic (exact) mass is 393 g/mol. The van der Waals surface area contributed by atoms with Gasteiger partial charge in [0.05, 0.1) is 6.04 Å². The van der Waals surface area contributed by atoms with Crippen molar-refractivity contribution in [1.29, 1.82) is 0 Å². The molecule has 3 atom stereocenters. The molecular weight excluding hydrogens is 370 g/mol. The zero-order valence-corrected chi connectivity index (χ0v) is 16.4. The van der Waals surface area contributed by atoms with E-state index in [1.54, 1.807) is 10.6 Å². The summed E-state index contributed by atoms with van der Waals surface area (Å²) in [7, 11) is 0. The minimum atomic E-state index is -0.357. The summed E-state index contributed by atoms with van der Waals surface area (Å²) in [6.07, 6.45) is 1.02. The van der Waals surface area contributed by atoms with E-state index in [-0.39, 0.29) is 23.3 Å². The van der Waals surface area contributed by atoms with E-state index in [2.05, 4.69) is 25.7 Å². The minimum absolute atomic E-state index is 0.0143. The second-order valence-electron chi connectivity index (χ2n) is 7.97. The molecule has 2 aliphatic heterocycles. The van der Waals surface area contributed by atoms with Crippen LogP contribution in [0.25, 0.3) is 5.78 Å². The highest BCUT2D eigenvalue weighted by molar-refractivity contribution is 5.90. The Morgan fingerprint density at radius 3 is 3.00 bits per heavy atom. The third kappa shape index (κ3) is 3.02. The highest BCUT2D eigenvalue weighted by Gasteiger charge is 2.37. The number of rotatable bonds is 3. The maximum absolute atomic E-state index is 12.7. The summed E-state index contributed by atoms with van der Waals surface area (Å²) in [4.78, 5) is 33.9.